The second-order valence-corrected chi connectivity index (χ2v) is 3.81. The first-order valence-corrected chi connectivity index (χ1v) is 5.25. The molecule has 1 aromatic heterocycles. The molecule has 2 unspecified atom stereocenters. The molecule has 0 aliphatic carbocycles. The molecule has 0 saturated carbocycles. The van der Waals surface area contributed by atoms with Gasteiger partial charge in [0.1, 0.15) is 24.6 Å². The van der Waals surface area contributed by atoms with Crippen LogP contribution in [0.25, 0.3) is 0 Å². The van der Waals surface area contributed by atoms with Crippen LogP contribution in [0.5, 0.6) is 0 Å². The number of hydrogen-bond donors (Lipinski definition) is 4. The Kier molecular flexibility index (Phi) is 3.57. The summed E-state index contributed by atoms with van der Waals surface area (Å²) in [6.45, 7) is -0.413. The van der Waals surface area contributed by atoms with Crippen molar-refractivity contribution in [1.29, 1.82) is 5.41 Å². The number of methoxy groups -OCH3 is 1. The van der Waals surface area contributed by atoms with Crippen LogP contribution < -0.4 is 0 Å². The summed E-state index contributed by atoms with van der Waals surface area (Å²) >= 11 is 0. The minimum absolute atomic E-state index is 0.0373. The largest absolute Gasteiger partial charge is 0.479 e. The number of aliphatic hydroxyl groups excluding tert-OH is 3. The van der Waals surface area contributed by atoms with Crippen molar-refractivity contribution in [3.63, 3.8) is 0 Å². The molecular formula is C9H14N4O5. The molecule has 0 spiro atoms. The van der Waals surface area contributed by atoms with Crippen molar-refractivity contribution in [3.8, 4) is 0 Å². The van der Waals surface area contributed by atoms with Crippen LogP contribution in [0.4, 0.5) is 0 Å². The van der Waals surface area contributed by atoms with Gasteiger partial charge in [-0.1, -0.05) is 0 Å². The van der Waals surface area contributed by atoms with E-state index < -0.39 is 31.1 Å². The van der Waals surface area contributed by atoms with Gasteiger partial charge in [-0.2, -0.15) is 0 Å². The summed E-state index contributed by atoms with van der Waals surface area (Å²) in [5.41, 5.74) is 0. The van der Waals surface area contributed by atoms with E-state index in [1.807, 2.05) is 0 Å². The zero-order valence-electron chi connectivity index (χ0n) is 9.59. The van der Waals surface area contributed by atoms with Gasteiger partial charge in [-0.3, -0.25) is 5.41 Å². The van der Waals surface area contributed by atoms with E-state index in [-0.39, 0.29) is 11.7 Å². The van der Waals surface area contributed by atoms with Gasteiger partial charge in [-0.15, -0.1) is 5.10 Å². The normalized spacial score (nSPS) is 31.6. The molecule has 1 aliphatic rings. The summed E-state index contributed by atoms with van der Waals surface area (Å²) in [6, 6.07) is 0. The Hall–Kier alpha value is -1.55. The molecule has 0 amide bonds. The molecule has 4 N–H and O–H groups in total. The van der Waals surface area contributed by atoms with Crippen LogP contribution in [0.15, 0.2) is 6.33 Å². The lowest BCUT2D eigenvalue weighted by Gasteiger charge is -2.13. The summed E-state index contributed by atoms with van der Waals surface area (Å²) in [5, 5.41) is 39.6. The minimum atomic E-state index is -1.23. The Bertz CT molecular complexity index is 436. The van der Waals surface area contributed by atoms with Crippen LogP contribution in [0.2, 0.25) is 0 Å². The number of nitrogens with zero attached hydrogens (tertiary/aromatic N) is 3. The maximum absolute atomic E-state index is 9.76. The van der Waals surface area contributed by atoms with Crippen molar-refractivity contribution >= 4 is 5.90 Å². The Morgan fingerprint density at radius 1 is 1.56 bits per heavy atom. The van der Waals surface area contributed by atoms with Gasteiger partial charge in [0.05, 0.1) is 13.7 Å². The fourth-order valence-electron chi connectivity index (χ4n) is 1.69. The van der Waals surface area contributed by atoms with Gasteiger partial charge in [0.2, 0.25) is 5.82 Å². The van der Waals surface area contributed by atoms with Crippen LogP contribution in [-0.4, -0.2) is 68.0 Å². The smallest absolute Gasteiger partial charge is 0.253 e. The van der Waals surface area contributed by atoms with Crippen molar-refractivity contribution < 1.29 is 24.8 Å². The number of aliphatic hydroxyl groups is 3. The number of aromatic nitrogens is 3. The van der Waals surface area contributed by atoms with Crippen molar-refractivity contribution in [1.82, 2.24) is 14.8 Å². The van der Waals surface area contributed by atoms with E-state index in [1.165, 1.54) is 18.1 Å². The quantitative estimate of drug-likeness (QED) is 0.359. The van der Waals surface area contributed by atoms with Gasteiger partial charge < -0.3 is 24.8 Å². The number of ether oxygens (including phenoxy) is 2. The Morgan fingerprint density at radius 3 is 2.83 bits per heavy atom. The maximum Gasteiger partial charge on any atom is 0.253 e. The third-order valence-corrected chi connectivity index (χ3v) is 2.69. The van der Waals surface area contributed by atoms with Crippen molar-refractivity contribution in [2.75, 3.05) is 13.7 Å². The first-order chi connectivity index (χ1) is 8.58. The van der Waals surface area contributed by atoms with Gasteiger partial charge in [0.25, 0.3) is 5.90 Å². The number of hydrogen-bond acceptors (Lipinski definition) is 8. The second kappa shape index (κ2) is 4.98. The lowest BCUT2D eigenvalue weighted by Crippen LogP contribution is -2.33. The first kappa shape index (κ1) is 12.9. The molecule has 4 atom stereocenters. The third-order valence-electron chi connectivity index (χ3n) is 2.69. The highest BCUT2D eigenvalue weighted by Crippen LogP contribution is 2.28. The van der Waals surface area contributed by atoms with Crippen LogP contribution >= 0.6 is 0 Å². The Labute approximate surface area is 102 Å². The topological polar surface area (TPSA) is 134 Å². The van der Waals surface area contributed by atoms with Crippen LogP contribution in [0.1, 0.15) is 12.1 Å². The molecule has 1 fully saturated rings. The average molecular weight is 258 g/mol. The van der Waals surface area contributed by atoms with Crippen LogP contribution in [0.3, 0.4) is 0 Å². The van der Waals surface area contributed by atoms with Crippen molar-refractivity contribution in [3.05, 3.63) is 12.2 Å². The van der Waals surface area contributed by atoms with Gasteiger partial charge in [0.15, 0.2) is 6.23 Å². The molecule has 0 aromatic carbocycles. The van der Waals surface area contributed by atoms with Crippen molar-refractivity contribution in [2.24, 2.45) is 0 Å². The molecule has 2 rings (SSSR count). The van der Waals surface area contributed by atoms with E-state index >= 15 is 0 Å². The molecule has 18 heavy (non-hydrogen) atoms. The summed E-state index contributed by atoms with van der Waals surface area (Å²) in [7, 11) is 1.31. The SMILES string of the molecule is COC(=N)c1ncn([C@@H]2O[C@H](CO)C(O)C2O)n1. The predicted octanol–water partition coefficient (Wildman–Crippen LogP) is -2.14. The van der Waals surface area contributed by atoms with E-state index in [9.17, 15) is 10.2 Å². The summed E-state index contributed by atoms with van der Waals surface area (Å²) < 4.78 is 11.1. The van der Waals surface area contributed by atoms with E-state index in [0.717, 1.165) is 0 Å². The molecule has 0 bridgehead atoms. The third kappa shape index (κ3) is 2.08. The summed E-state index contributed by atoms with van der Waals surface area (Å²) in [6.07, 6.45) is -3.01. The Balaban J connectivity index is 2.17. The standard InChI is InChI=1S/C9H14N4O5/c1-17-7(10)8-11-3-13(12-8)9-6(16)5(15)4(2-14)18-9/h3-6,9-10,14-16H,2H2,1H3/t4-,5?,6?,9-/m1/s1. The molecule has 1 aromatic rings. The monoisotopic (exact) mass is 258 g/mol. The fraction of sp³-hybridized carbons (Fsp3) is 0.667. The molecule has 100 valence electrons. The summed E-state index contributed by atoms with van der Waals surface area (Å²) in [5.74, 6) is -0.185. The molecule has 9 nitrogen and oxygen atoms in total. The molecule has 1 saturated heterocycles. The van der Waals surface area contributed by atoms with Gasteiger partial charge in [-0.05, 0) is 0 Å². The lowest BCUT2D eigenvalue weighted by atomic mass is 10.1. The van der Waals surface area contributed by atoms with Crippen LogP contribution in [-0.2, 0) is 9.47 Å². The van der Waals surface area contributed by atoms with E-state index in [0.29, 0.717) is 0 Å². The maximum atomic E-state index is 9.76. The van der Waals surface area contributed by atoms with Crippen LogP contribution in [0, 0.1) is 5.41 Å². The predicted molar refractivity (Wildman–Crippen MR) is 56.9 cm³/mol. The minimum Gasteiger partial charge on any atom is -0.479 e. The molecule has 2 heterocycles. The van der Waals surface area contributed by atoms with E-state index in [1.54, 1.807) is 0 Å². The fourth-order valence-corrected chi connectivity index (χ4v) is 1.69. The molecule has 1 aliphatic heterocycles. The zero-order chi connectivity index (χ0) is 13.3. The number of rotatable bonds is 3. The van der Waals surface area contributed by atoms with E-state index in [4.69, 9.17) is 15.3 Å². The van der Waals surface area contributed by atoms with Crippen molar-refractivity contribution in [2.45, 2.75) is 24.5 Å². The highest BCUT2D eigenvalue weighted by Gasteiger charge is 2.43. The molecule has 9 heteroatoms. The zero-order valence-corrected chi connectivity index (χ0v) is 9.59. The molecule has 0 radical (unpaired) electrons. The van der Waals surface area contributed by atoms with Gasteiger partial charge in [-0.25, -0.2) is 9.67 Å². The highest BCUT2D eigenvalue weighted by atomic mass is 16.6. The Morgan fingerprint density at radius 2 is 2.28 bits per heavy atom. The van der Waals surface area contributed by atoms with E-state index in [2.05, 4.69) is 14.8 Å². The second-order valence-electron chi connectivity index (χ2n) is 3.81. The van der Waals surface area contributed by atoms with Gasteiger partial charge in [0, 0.05) is 0 Å². The summed E-state index contributed by atoms with van der Waals surface area (Å²) in [4.78, 5) is 3.81. The lowest BCUT2D eigenvalue weighted by molar-refractivity contribution is -0.0588. The molecular weight excluding hydrogens is 244 g/mol. The van der Waals surface area contributed by atoms with Gasteiger partial charge >= 0.3 is 0 Å². The average Bonchev–Trinajstić information content (AvgIpc) is 2.96. The highest BCUT2D eigenvalue weighted by molar-refractivity contribution is 5.87. The first-order valence-electron chi connectivity index (χ1n) is 5.25. The number of nitrogens with one attached hydrogen (secondary N) is 1.